The van der Waals surface area contributed by atoms with Crippen LogP contribution in [-0.2, 0) is 19.1 Å². The van der Waals surface area contributed by atoms with Crippen molar-refractivity contribution in [2.45, 2.75) is 97.0 Å². The van der Waals surface area contributed by atoms with E-state index >= 15 is 0 Å². The molecule has 2 aromatic heterocycles. The third-order valence-electron chi connectivity index (χ3n) is 8.19. The fourth-order valence-corrected chi connectivity index (χ4v) is 6.04. The van der Waals surface area contributed by atoms with Crippen LogP contribution in [0.4, 0.5) is 13.2 Å². The number of aryl methyl sites for hydroxylation is 2. The van der Waals surface area contributed by atoms with Gasteiger partial charge in [-0.25, -0.2) is 0 Å². The maximum absolute atomic E-state index is 13.9. The van der Waals surface area contributed by atoms with Crippen LogP contribution in [0.25, 0.3) is 21.8 Å². The Kier molecular flexibility index (Phi) is 10.3. The number of H-pyrrole nitrogens is 1. The molecule has 0 radical (unpaired) electrons. The number of alkyl halides is 3. The molecule has 0 saturated heterocycles. The fourth-order valence-electron chi connectivity index (χ4n) is 6.04. The van der Waals surface area contributed by atoms with Crippen molar-refractivity contribution < 1.29 is 18.3 Å². The number of benzene rings is 2. The van der Waals surface area contributed by atoms with Crippen molar-refractivity contribution in [1.82, 2.24) is 14.9 Å². The van der Waals surface area contributed by atoms with Crippen molar-refractivity contribution in [2.24, 2.45) is 0 Å². The normalized spacial score (nSPS) is 13.7. The summed E-state index contributed by atoms with van der Waals surface area (Å²) >= 11 is 0. The lowest BCUT2D eigenvalue weighted by atomic mass is 10.0. The van der Waals surface area contributed by atoms with Crippen molar-refractivity contribution in [1.29, 1.82) is 0 Å². The summed E-state index contributed by atoms with van der Waals surface area (Å²) in [6, 6.07) is 13.8. The molecule has 2 heterocycles. The molecule has 4 aromatic rings. The molecule has 0 saturated carbocycles. The topological polar surface area (TPSA) is 70.0 Å². The summed E-state index contributed by atoms with van der Waals surface area (Å²) in [6.07, 6.45) is 3.27. The monoisotopic (exact) mass is 569 g/mol. The fraction of sp³-hybridized carbons (Fsp3) is 0.485. The van der Waals surface area contributed by atoms with Gasteiger partial charge in [-0.2, -0.15) is 13.2 Å². The van der Waals surface area contributed by atoms with Crippen LogP contribution in [-0.4, -0.2) is 27.2 Å². The summed E-state index contributed by atoms with van der Waals surface area (Å²) in [5, 5.41) is 14.6. The number of aromatic amines is 1. The van der Waals surface area contributed by atoms with Gasteiger partial charge in [0.15, 0.2) is 0 Å². The Hall–Kier alpha value is -3.10. The highest BCUT2D eigenvalue weighted by Crippen LogP contribution is 2.39. The van der Waals surface area contributed by atoms with Crippen molar-refractivity contribution in [3.05, 3.63) is 81.3 Å². The highest BCUT2D eigenvalue weighted by Gasteiger charge is 2.34. The minimum absolute atomic E-state index is 0.000791. The summed E-state index contributed by atoms with van der Waals surface area (Å²) in [5.74, 6) is 0. The van der Waals surface area contributed by atoms with Gasteiger partial charge >= 0.3 is 6.18 Å². The zero-order chi connectivity index (χ0) is 29.6. The SMILES string of the molecule is CCc1c(C)c2c3c(C(F)(F)F)cc(=O)[nH]c3ccc2n1CCCCCCCCCN[C@@H](C)[C@H](O)c1ccccc1. The van der Waals surface area contributed by atoms with E-state index in [-0.39, 0.29) is 16.9 Å². The molecule has 4 rings (SSSR count). The second kappa shape index (κ2) is 13.7. The minimum atomic E-state index is -4.61. The summed E-state index contributed by atoms with van der Waals surface area (Å²) in [7, 11) is 0. The maximum atomic E-state index is 13.9. The molecule has 5 nitrogen and oxygen atoms in total. The molecule has 8 heteroatoms. The molecule has 0 aliphatic heterocycles. The molecule has 0 aliphatic rings. The first-order valence-electron chi connectivity index (χ1n) is 14.8. The number of nitrogens with zero attached hydrogens (tertiary/aromatic N) is 1. The highest BCUT2D eigenvalue weighted by molar-refractivity contribution is 6.09. The van der Waals surface area contributed by atoms with Gasteiger partial charge in [0, 0.05) is 46.2 Å². The number of aliphatic hydroxyl groups is 1. The second-order valence-corrected chi connectivity index (χ2v) is 11.1. The van der Waals surface area contributed by atoms with E-state index in [0.717, 1.165) is 86.8 Å². The Morgan fingerprint density at radius 2 is 1.61 bits per heavy atom. The lowest BCUT2D eigenvalue weighted by Crippen LogP contribution is -2.32. The summed E-state index contributed by atoms with van der Waals surface area (Å²) in [6.45, 7) is 7.57. The second-order valence-electron chi connectivity index (χ2n) is 11.1. The van der Waals surface area contributed by atoms with Crippen LogP contribution in [0.15, 0.2) is 53.3 Å². The molecule has 0 spiro atoms. The van der Waals surface area contributed by atoms with E-state index in [9.17, 15) is 23.1 Å². The van der Waals surface area contributed by atoms with E-state index < -0.39 is 23.4 Å². The number of aliphatic hydroxyl groups excluding tert-OH is 1. The van der Waals surface area contributed by atoms with E-state index in [4.69, 9.17) is 0 Å². The van der Waals surface area contributed by atoms with E-state index in [1.165, 1.54) is 0 Å². The molecule has 0 amide bonds. The third kappa shape index (κ3) is 7.22. The minimum Gasteiger partial charge on any atom is -0.387 e. The molecule has 0 unspecified atom stereocenters. The molecular formula is C33H42F3N3O2. The van der Waals surface area contributed by atoms with Gasteiger partial charge in [0.05, 0.1) is 11.7 Å². The smallest absolute Gasteiger partial charge is 0.387 e. The van der Waals surface area contributed by atoms with Crippen LogP contribution in [0.5, 0.6) is 0 Å². The van der Waals surface area contributed by atoms with Gasteiger partial charge in [-0.15, -0.1) is 0 Å². The molecule has 0 aliphatic carbocycles. The van der Waals surface area contributed by atoms with Crippen molar-refractivity contribution >= 4 is 21.8 Å². The third-order valence-corrected chi connectivity index (χ3v) is 8.19. The first kappa shape index (κ1) is 30.8. The largest absolute Gasteiger partial charge is 0.417 e. The van der Waals surface area contributed by atoms with E-state index in [2.05, 4.69) is 14.9 Å². The maximum Gasteiger partial charge on any atom is 0.417 e. The van der Waals surface area contributed by atoms with Gasteiger partial charge in [-0.3, -0.25) is 4.79 Å². The molecule has 0 fully saturated rings. The summed E-state index contributed by atoms with van der Waals surface area (Å²) in [5.41, 5.74) is 2.22. The molecule has 41 heavy (non-hydrogen) atoms. The highest BCUT2D eigenvalue weighted by atomic mass is 19.4. The number of unbranched alkanes of at least 4 members (excludes halogenated alkanes) is 6. The van der Waals surface area contributed by atoms with Gasteiger partial charge in [-0.1, -0.05) is 69.4 Å². The molecule has 2 aromatic carbocycles. The van der Waals surface area contributed by atoms with Crippen molar-refractivity contribution in [3.8, 4) is 0 Å². The van der Waals surface area contributed by atoms with Crippen molar-refractivity contribution in [2.75, 3.05) is 6.54 Å². The van der Waals surface area contributed by atoms with E-state index in [1.807, 2.05) is 57.2 Å². The van der Waals surface area contributed by atoms with Gasteiger partial charge in [-0.05, 0) is 62.9 Å². The Labute approximate surface area is 239 Å². The summed E-state index contributed by atoms with van der Waals surface area (Å²) < 4.78 is 43.9. The number of rotatable bonds is 14. The number of aromatic nitrogens is 2. The number of pyridine rings is 1. The number of hydrogen-bond acceptors (Lipinski definition) is 3. The van der Waals surface area contributed by atoms with Crippen LogP contribution in [0.1, 0.15) is 87.3 Å². The molecule has 0 bridgehead atoms. The number of hydrogen-bond donors (Lipinski definition) is 3. The van der Waals surface area contributed by atoms with E-state index in [0.29, 0.717) is 11.5 Å². The Bertz CT molecular complexity index is 1490. The Morgan fingerprint density at radius 1 is 0.951 bits per heavy atom. The number of nitrogens with one attached hydrogen (secondary N) is 2. The molecular weight excluding hydrogens is 527 g/mol. The molecule has 222 valence electrons. The quantitative estimate of drug-likeness (QED) is 0.136. The van der Waals surface area contributed by atoms with Gasteiger partial charge in [0.25, 0.3) is 0 Å². The lowest BCUT2D eigenvalue weighted by molar-refractivity contribution is -0.136. The van der Waals surface area contributed by atoms with Crippen LogP contribution < -0.4 is 10.9 Å². The van der Waals surface area contributed by atoms with Crippen LogP contribution in [0.3, 0.4) is 0 Å². The predicted molar refractivity (Wildman–Crippen MR) is 160 cm³/mol. The molecule has 3 N–H and O–H groups in total. The van der Waals surface area contributed by atoms with E-state index in [1.54, 1.807) is 6.07 Å². The average molecular weight is 570 g/mol. The van der Waals surface area contributed by atoms with Crippen molar-refractivity contribution in [3.63, 3.8) is 0 Å². The summed E-state index contributed by atoms with van der Waals surface area (Å²) in [4.78, 5) is 14.5. The first-order valence-corrected chi connectivity index (χ1v) is 14.8. The van der Waals surface area contributed by atoms with Crippen LogP contribution >= 0.6 is 0 Å². The zero-order valence-electron chi connectivity index (χ0n) is 24.3. The van der Waals surface area contributed by atoms with Gasteiger partial charge < -0.3 is 20.0 Å². The zero-order valence-corrected chi connectivity index (χ0v) is 24.3. The molecule has 2 atom stereocenters. The predicted octanol–water partition coefficient (Wildman–Crippen LogP) is 7.81. The lowest BCUT2D eigenvalue weighted by Gasteiger charge is -2.20. The van der Waals surface area contributed by atoms with Gasteiger partial charge in [0.1, 0.15) is 0 Å². The average Bonchev–Trinajstić information content (AvgIpc) is 3.23. The Morgan fingerprint density at radius 3 is 2.27 bits per heavy atom. The first-order chi connectivity index (χ1) is 19.6. The number of halogens is 3. The van der Waals surface area contributed by atoms with Crippen LogP contribution in [0.2, 0.25) is 0 Å². The van der Waals surface area contributed by atoms with Gasteiger partial charge in [0.2, 0.25) is 5.56 Å². The standard InChI is InChI=1S/C33H42F3N3O2/c1-4-27-22(2)30-28(18-17-26-31(30)25(33(34,35)36)21-29(40)38-26)39(27)20-14-9-7-5-6-8-13-19-37-23(3)32(41)24-15-11-10-12-16-24/h10-12,15-18,21,23,32,37,41H,4-9,13-14,19-20H2,1-3H3,(H,38,40)/t23-,32-/m0/s1. The Balaban J connectivity index is 1.27. The number of fused-ring (bicyclic) bond motifs is 3. The van der Waals surface area contributed by atoms with Crippen LogP contribution in [0, 0.1) is 6.92 Å².